The summed E-state index contributed by atoms with van der Waals surface area (Å²) in [7, 11) is 0. The Morgan fingerprint density at radius 1 is 1.43 bits per heavy atom. The van der Waals surface area contributed by atoms with Crippen molar-refractivity contribution in [1.29, 1.82) is 0 Å². The molecule has 0 amide bonds. The number of hydrogen-bond donors (Lipinski definition) is 0. The smallest absolute Gasteiger partial charge is 0.272 e. The summed E-state index contributed by atoms with van der Waals surface area (Å²) in [4.78, 5) is 0. The SMILES string of the molecule is FC(F)COc1ccc(CBr)cc1Cl. The molecule has 1 nitrogen and oxygen atoms in total. The average Bonchev–Trinajstić information content (AvgIpc) is 2.15. The molecule has 0 atom stereocenters. The van der Waals surface area contributed by atoms with Crippen LogP contribution in [0.25, 0.3) is 0 Å². The second-order valence-corrected chi connectivity index (χ2v) is 3.57. The minimum atomic E-state index is -2.48. The van der Waals surface area contributed by atoms with Crippen LogP contribution in [0.15, 0.2) is 18.2 Å². The van der Waals surface area contributed by atoms with Crippen LogP contribution in [-0.2, 0) is 5.33 Å². The maximum Gasteiger partial charge on any atom is 0.272 e. The Balaban J connectivity index is 2.69. The molecule has 0 radical (unpaired) electrons. The van der Waals surface area contributed by atoms with Gasteiger partial charge in [0.25, 0.3) is 6.43 Å². The Bertz CT molecular complexity index is 307. The molecule has 0 spiro atoms. The molecule has 0 fully saturated rings. The van der Waals surface area contributed by atoms with E-state index in [0.29, 0.717) is 10.4 Å². The third-order valence-corrected chi connectivity index (χ3v) is 2.46. The van der Waals surface area contributed by atoms with Crippen LogP contribution in [-0.4, -0.2) is 13.0 Å². The molecule has 0 unspecified atom stereocenters. The molecule has 0 aliphatic rings. The maximum atomic E-state index is 11.8. The van der Waals surface area contributed by atoms with Crippen molar-refractivity contribution in [3.8, 4) is 5.75 Å². The Morgan fingerprint density at radius 3 is 2.64 bits per heavy atom. The van der Waals surface area contributed by atoms with E-state index in [2.05, 4.69) is 15.9 Å². The van der Waals surface area contributed by atoms with Gasteiger partial charge in [0.2, 0.25) is 0 Å². The zero-order chi connectivity index (χ0) is 10.6. The lowest BCUT2D eigenvalue weighted by atomic mass is 10.2. The molecule has 0 aliphatic carbocycles. The van der Waals surface area contributed by atoms with Crippen LogP contribution in [0.1, 0.15) is 5.56 Å². The highest BCUT2D eigenvalue weighted by Gasteiger charge is 2.06. The fourth-order valence-electron chi connectivity index (χ4n) is 0.897. The summed E-state index contributed by atoms with van der Waals surface area (Å²) in [6, 6.07) is 5.03. The Labute approximate surface area is 94.1 Å². The van der Waals surface area contributed by atoms with E-state index >= 15 is 0 Å². The average molecular weight is 286 g/mol. The second-order valence-electron chi connectivity index (χ2n) is 2.60. The van der Waals surface area contributed by atoms with E-state index in [4.69, 9.17) is 16.3 Å². The lowest BCUT2D eigenvalue weighted by molar-refractivity contribution is 0.0819. The highest BCUT2D eigenvalue weighted by atomic mass is 79.9. The summed E-state index contributed by atoms with van der Waals surface area (Å²) in [5, 5.41) is 1.02. The molecule has 0 saturated carbocycles. The molecule has 1 rings (SSSR count). The lowest BCUT2D eigenvalue weighted by Gasteiger charge is -2.07. The van der Waals surface area contributed by atoms with Crippen LogP contribution in [0.5, 0.6) is 5.75 Å². The summed E-state index contributed by atoms with van der Waals surface area (Å²) in [6.07, 6.45) is -2.48. The van der Waals surface area contributed by atoms with Gasteiger partial charge < -0.3 is 4.74 Å². The van der Waals surface area contributed by atoms with Crippen molar-refractivity contribution < 1.29 is 13.5 Å². The van der Waals surface area contributed by atoms with Gasteiger partial charge >= 0.3 is 0 Å². The van der Waals surface area contributed by atoms with Crippen LogP contribution in [0.2, 0.25) is 5.02 Å². The van der Waals surface area contributed by atoms with Crippen molar-refractivity contribution in [2.24, 2.45) is 0 Å². The number of rotatable bonds is 4. The molecule has 0 aliphatic heterocycles. The largest absolute Gasteiger partial charge is 0.486 e. The van der Waals surface area contributed by atoms with Crippen LogP contribution in [0.3, 0.4) is 0 Å². The normalized spacial score (nSPS) is 10.6. The van der Waals surface area contributed by atoms with Gasteiger partial charge in [0.15, 0.2) is 0 Å². The predicted molar refractivity (Wildman–Crippen MR) is 55.6 cm³/mol. The molecule has 0 N–H and O–H groups in total. The third-order valence-electron chi connectivity index (χ3n) is 1.52. The minimum Gasteiger partial charge on any atom is -0.486 e. The fraction of sp³-hybridized carbons (Fsp3) is 0.333. The monoisotopic (exact) mass is 284 g/mol. The van der Waals surface area contributed by atoms with E-state index in [9.17, 15) is 8.78 Å². The predicted octanol–water partition coefficient (Wildman–Crippen LogP) is 3.88. The van der Waals surface area contributed by atoms with E-state index in [0.717, 1.165) is 5.56 Å². The molecule has 5 heteroatoms. The topological polar surface area (TPSA) is 9.23 Å². The summed E-state index contributed by atoms with van der Waals surface area (Å²) in [5.74, 6) is 0.289. The zero-order valence-electron chi connectivity index (χ0n) is 7.14. The molecule has 1 aromatic rings. The Hall–Kier alpha value is -0.350. The van der Waals surface area contributed by atoms with Crippen molar-refractivity contribution in [1.82, 2.24) is 0 Å². The number of alkyl halides is 3. The van der Waals surface area contributed by atoms with E-state index in [1.165, 1.54) is 0 Å². The van der Waals surface area contributed by atoms with E-state index in [1.54, 1.807) is 18.2 Å². The van der Waals surface area contributed by atoms with Gasteiger partial charge in [0, 0.05) is 5.33 Å². The molecule has 0 bridgehead atoms. The molecule has 1 aromatic carbocycles. The Kier molecular flexibility index (Phi) is 4.62. The van der Waals surface area contributed by atoms with Crippen LogP contribution >= 0.6 is 27.5 Å². The van der Waals surface area contributed by atoms with Gasteiger partial charge in [0.1, 0.15) is 12.4 Å². The van der Waals surface area contributed by atoms with Gasteiger partial charge in [-0.05, 0) is 17.7 Å². The molecule has 0 saturated heterocycles. The molecular formula is C9H8BrClF2O. The van der Waals surface area contributed by atoms with Crippen molar-refractivity contribution in [3.05, 3.63) is 28.8 Å². The first-order valence-corrected chi connectivity index (χ1v) is 5.38. The first kappa shape index (κ1) is 11.7. The van der Waals surface area contributed by atoms with E-state index < -0.39 is 13.0 Å². The van der Waals surface area contributed by atoms with Crippen LogP contribution in [0.4, 0.5) is 8.78 Å². The highest BCUT2D eigenvalue weighted by molar-refractivity contribution is 9.08. The standard InChI is InChI=1S/C9H8BrClF2O/c10-4-6-1-2-8(7(11)3-6)14-5-9(12)13/h1-3,9H,4-5H2. The lowest BCUT2D eigenvalue weighted by Crippen LogP contribution is -2.07. The first-order chi connectivity index (χ1) is 6.63. The van der Waals surface area contributed by atoms with Crippen molar-refractivity contribution >= 4 is 27.5 Å². The van der Waals surface area contributed by atoms with Crippen molar-refractivity contribution in [2.45, 2.75) is 11.8 Å². The maximum absolute atomic E-state index is 11.8. The van der Waals surface area contributed by atoms with Gasteiger partial charge in [-0.15, -0.1) is 0 Å². The van der Waals surface area contributed by atoms with Gasteiger partial charge in [-0.25, -0.2) is 8.78 Å². The summed E-state index contributed by atoms with van der Waals surface area (Å²) in [6.45, 7) is -0.632. The summed E-state index contributed by atoms with van der Waals surface area (Å²) in [5.41, 5.74) is 0.972. The van der Waals surface area contributed by atoms with Crippen LogP contribution < -0.4 is 4.74 Å². The summed E-state index contributed by atoms with van der Waals surface area (Å²) < 4.78 is 28.4. The number of ether oxygens (including phenoxy) is 1. The molecule has 0 aromatic heterocycles. The molecule has 78 valence electrons. The molecule has 14 heavy (non-hydrogen) atoms. The zero-order valence-corrected chi connectivity index (χ0v) is 9.49. The minimum absolute atomic E-state index is 0.289. The number of halogens is 4. The van der Waals surface area contributed by atoms with E-state index in [-0.39, 0.29) is 5.75 Å². The van der Waals surface area contributed by atoms with E-state index in [1.807, 2.05) is 0 Å². The first-order valence-electron chi connectivity index (χ1n) is 3.89. The highest BCUT2D eigenvalue weighted by Crippen LogP contribution is 2.26. The summed E-state index contributed by atoms with van der Waals surface area (Å²) >= 11 is 9.06. The Morgan fingerprint density at radius 2 is 2.14 bits per heavy atom. The van der Waals surface area contributed by atoms with Gasteiger partial charge in [-0.2, -0.15) is 0 Å². The molecular weight excluding hydrogens is 277 g/mol. The second kappa shape index (κ2) is 5.51. The van der Waals surface area contributed by atoms with Gasteiger partial charge in [0.05, 0.1) is 5.02 Å². The van der Waals surface area contributed by atoms with Crippen LogP contribution in [0, 0.1) is 0 Å². The fourth-order valence-corrected chi connectivity index (χ4v) is 1.50. The quantitative estimate of drug-likeness (QED) is 0.763. The van der Waals surface area contributed by atoms with Gasteiger partial charge in [-0.1, -0.05) is 33.6 Å². The number of hydrogen-bond acceptors (Lipinski definition) is 1. The number of benzene rings is 1. The third kappa shape index (κ3) is 3.42. The van der Waals surface area contributed by atoms with Gasteiger partial charge in [-0.3, -0.25) is 0 Å². The van der Waals surface area contributed by atoms with Crippen molar-refractivity contribution in [2.75, 3.05) is 6.61 Å². The molecule has 0 heterocycles. The van der Waals surface area contributed by atoms with Crippen molar-refractivity contribution in [3.63, 3.8) is 0 Å².